The highest BCUT2D eigenvalue weighted by atomic mass is 15.3. The van der Waals surface area contributed by atoms with E-state index in [1.54, 1.807) is 0 Å². The molecule has 0 unspecified atom stereocenters. The van der Waals surface area contributed by atoms with Gasteiger partial charge in [0.25, 0.3) is 0 Å². The second kappa shape index (κ2) is 8.48. The molecule has 0 N–H and O–H groups in total. The van der Waals surface area contributed by atoms with E-state index in [2.05, 4.69) is 39.4 Å². The molecular formula is C21H40N2+2. The number of piperidine rings is 2. The molecule has 0 radical (unpaired) electrons. The standard InChI is InChI=1S/C21H40N2/c1-5-20-10-16-22(3,17-11-20)14-8-7-9-15-23(4)18-12-21(6-2)13-19-23/h5-6,20-21H,1-2,7-19H2,3-4H3/q+2. The van der Waals surface area contributed by atoms with Crippen LogP contribution in [0.15, 0.2) is 25.3 Å². The number of unbranched alkanes of at least 4 members (excludes halogenated alkanes) is 2. The Bertz CT molecular complexity index is 335. The molecule has 0 saturated carbocycles. The second-order valence-electron chi connectivity index (χ2n) is 8.79. The van der Waals surface area contributed by atoms with Crippen molar-refractivity contribution in [3.8, 4) is 0 Å². The summed E-state index contributed by atoms with van der Waals surface area (Å²) in [5.41, 5.74) is 0. The van der Waals surface area contributed by atoms with Crippen LogP contribution in [0.1, 0.15) is 44.9 Å². The van der Waals surface area contributed by atoms with Crippen molar-refractivity contribution < 1.29 is 8.97 Å². The summed E-state index contributed by atoms with van der Waals surface area (Å²) in [7, 11) is 4.93. The molecule has 2 heteroatoms. The van der Waals surface area contributed by atoms with Crippen LogP contribution in [0.5, 0.6) is 0 Å². The number of rotatable bonds is 8. The molecule has 0 aliphatic carbocycles. The zero-order chi connectivity index (χ0) is 16.8. The molecule has 2 aliphatic heterocycles. The van der Waals surface area contributed by atoms with Crippen LogP contribution in [0.2, 0.25) is 0 Å². The third kappa shape index (κ3) is 5.76. The third-order valence-corrected chi connectivity index (χ3v) is 6.72. The minimum atomic E-state index is 0.782. The first-order valence-corrected chi connectivity index (χ1v) is 9.91. The Morgan fingerprint density at radius 2 is 1.04 bits per heavy atom. The highest BCUT2D eigenvalue weighted by Gasteiger charge is 2.29. The average Bonchev–Trinajstić information content (AvgIpc) is 2.56. The number of allylic oxidation sites excluding steroid dienone is 2. The average molecular weight is 321 g/mol. The Morgan fingerprint density at radius 1 is 0.696 bits per heavy atom. The molecule has 0 atom stereocenters. The molecule has 2 heterocycles. The van der Waals surface area contributed by atoms with Crippen LogP contribution in [0.25, 0.3) is 0 Å². The van der Waals surface area contributed by atoms with Gasteiger partial charge in [-0.3, -0.25) is 0 Å². The first-order chi connectivity index (χ1) is 11.0. The summed E-state index contributed by atoms with van der Waals surface area (Å²) in [4.78, 5) is 0. The highest BCUT2D eigenvalue weighted by molar-refractivity contribution is 4.81. The molecule has 2 saturated heterocycles. The minimum Gasteiger partial charge on any atom is -0.326 e. The van der Waals surface area contributed by atoms with E-state index in [0.29, 0.717) is 0 Å². The zero-order valence-electron chi connectivity index (χ0n) is 15.8. The van der Waals surface area contributed by atoms with Gasteiger partial charge in [-0.05, 0) is 31.1 Å². The number of nitrogens with zero attached hydrogens (tertiary/aromatic N) is 2. The second-order valence-corrected chi connectivity index (χ2v) is 8.79. The Hall–Kier alpha value is -0.600. The van der Waals surface area contributed by atoms with Gasteiger partial charge in [-0.15, -0.1) is 13.2 Å². The maximum atomic E-state index is 3.97. The van der Waals surface area contributed by atoms with Crippen molar-refractivity contribution in [2.75, 3.05) is 53.4 Å². The van der Waals surface area contributed by atoms with Crippen LogP contribution in [-0.2, 0) is 0 Å². The van der Waals surface area contributed by atoms with Crippen LogP contribution < -0.4 is 0 Å². The highest BCUT2D eigenvalue weighted by Crippen LogP contribution is 2.25. The van der Waals surface area contributed by atoms with Gasteiger partial charge in [0, 0.05) is 25.7 Å². The summed E-state index contributed by atoms with van der Waals surface area (Å²) in [6.07, 6.45) is 14.0. The van der Waals surface area contributed by atoms with E-state index in [1.807, 2.05) is 0 Å². The fourth-order valence-electron chi connectivity index (χ4n) is 4.50. The predicted molar refractivity (Wildman–Crippen MR) is 101 cm³/mol. The molecule has 2 nitrogen and oxygen atoms in total. The van der Waals surface area contributed by atoms with E-state index in [-0.39, 0.29) is 0 Å². The maximum Gasteiger partial charge on any atom is 0.0790 e. The Balaban J connectivity index is 1.59. The van der Waals surface area contributed by atoms with Gasteiger partial charge in [0.2, 0.25) is 0 Å². The van der Waals surface area contributed by atoms with Crippen LogP contribution >= 0.6 is 0 Å². The molecular weight excluding hydrogens is 280 g/mol. The number of quaternary nitrogens is 2. The summed E-state index contributed by atoms with van der Waals surface area (Å²) in [5, 5.41) is 0. The predicted octanol–water partition coefficient (Wildman–Crippen LogP) is 4.24. The van der Waals surface area contributed by atoms with Crippen LogP contribution in [-0.4, -0.2) is 62.3 Å². The van der Waals surface area contributed by atoms with Gasteiger partial charge in [-0.25, -0.2) is 0 Å². The largest absolute Gasteiger partial charge is 0.326 e. The normalized spacial score (nSPS) is 38.2. The molecule has 0 spiro atoms. The van der Waals surface area contributed by atoms with Crippen molar-refractivity contribution in [3.05, 3.63) is 25.3 Å². The van der Waals surface area contributed by atoms with Crippen molar-refractivity contribution >= 4 is 0 Å². The maximum absolute atomic E-state index is 3.97. The van der Waals surface area contributed by atoms with Gasteiger partial charge in [0.05, 0.1) is 53.4 Å². The first kappa shape index (κ1) is 18.7. The van der Waals surface area contributed by atoms with Gasteiger partial charge in [0.15, 0.2) is 0 Å². The molecule has 2 fully saturated rings. The van der Waals surface area contributed by atoms with Crippen LogP contribution in [0.3, 0.4) is 0 Å². The van der Waals surface area contributed by atoms with Gasteiger partial charge in [-0.1, -0.05) is 12.2 Å². The van der Waals surface area contributed by atoms with Gasteiger partial charge >= 0.3 is 0 Å². The van der Waals surface area contributed by atoms with E-state index >= 15 is 0 Å². The summed E-state index contributed by atoms with van der Waals surface area (Å²) in [5.74, 6) is 1.56. The van der Waals surface area contributed by atoms with Crippen LogP contribution in [0.4, 0.5) is 0 Å². The SMILES string of the molecule is C=CC1CC[N+](C)(CCCCC[N+]2(C)CCC(C=C)CC2)CC1. The lowest BCUT2D eigenvalue weighted by atomic mass is 9.94. The molecule has 23 heavy (non-hydrogen) atoms. The molecule has 2 rings (SSSR count). The zero-order valence-corrected chi connectivity index (χ0v) is 15.8. The van der Waals surface area contributed by atoms with E-state index in [4.69, 9.17) is 0 Å². The monoisotopic (exact) mass is 320 g/mol. The number of likely N-dealkylation sites (tertiary alicyclic amines) is 2. The lowest BCUT2D eigenvalue weighted by Crippen LogP contribution is -2.50. The topological polar surface area (TPSA) is 0 Å². The lowest BCUT2D eigenvalue weighted by Gasteiger charge is -2.41. The summed E-state index contributed by atoms with van der Waals surface area (Å²) in [6.45, 7) is 16.1. The summed E-state index contributed by atoms with van der Waals surface area (Å²) >= 11 is 0. The smallest absolute Gasteiger partial charge is 0.0790 e. The molecule has 0 aromatic heterocycles. The third-order valence-electron chi connectivity index (χ3n) is 6.72. The van der Waals surface area contributed by atoms with E-state index in [9.17, 15) is 0 Å². The fraction of sp³-hybridized carbons (Fsp3) is 0.810. The number of hydrogen-bond acceptors (Lipinski definition) is 0. The molecule has 0 amide bonds. The van der Waals surface area contributed by atoms with E-state index in [1.165, 1.54) is 93.2 Å². The van der Waals surface area contributed by atoms with Crippen molar-refractivity contribution in [1.29, 1.82) is 0 Å². The molecule has 0 bridgehead atoms. The van der Waals surface area contributed by atoms with Gasteiger partial charge in [0.1, 0.15) is 0 Å². The quantitative estimate of drug-likeness (QED) is 0.356. The van der Waals surface area contributed by atoms with Crippen molar-refractivity contribution in [3.63, 3.8) is 0 Å². The summed E-state index contributed by atoms with van der Waals surface area (Å²) in [6, 6.07) is 0. The Morgan fingerprint density at radius 3 is 1.35 bits per heavy atom. The summed E-state index contributed by atoms with van der Waals surface area (Å²) < 4.78 is 2.61. The van der Waals surface area contributed by atoms with E-state index < -0.39 is 0 Å². The van der Waals surface area contributed by atoms with Crippen LogP contribution in [0, 0.1) is 11.8 Å². The first-order valence-electron chi connectivity index (χ1n) is 9.91. The molecule has 0 aromatic carbocycles. The fourth-order valence-corrected chi connectivity index (χ4v) is 4.50. The molecule has 132 valence electrons. The Labute approximate surface area is 145 Å². The lowest BCUT2D eigenvalue weighted by molar-refractivity contribution is -0.917. The number of hydrogen-bond donors (Lipinski definition) is 0. The molecule has 2 aliphatic rings. The minimum absolute atomic E-state index is 0.782. The Kier molecular flexibility index (Phi) is 6.91. The van der Waals surface area contributed by atoms with E-state index in [0.717, 1.165) is 11.8 Å². The van der Waals surface area contributed by atoms with Crippen molar-refractivity contribution in [2.45, 2.75) is 44.9 Å². The van der Waals surface area contributed by atoms with Gasteiger partial charge < -0.3 is 8.97 Å². The van der Waals surface area contributed by atoms with Gasteiger partial charge in [-0.2, -0.15) is 0 Å². The van der Waals surface area contributed by atoms with Crippen molar-refractivity contribution in [2.24, 2.45) is 11.8 Å². The van der Waals surface area contributed by atoms with Crippen molar-refractivity contribution in [1.82, 2.24) is 0 Å². The molecule has 0 aromatic rings.